The number of hydrogen-bond donors (Lipinski definition) is 2. The predicted molar refractivity (Wildman–Crippen MR) is 59.4 cm³/mol. The first kappa shape index (κ1) is 12.5. The van der Waals surface area contributed by atoms with Crippen molar-refractivity contribution in [1.29, 1.82) is 0 Å². The van der Waals surface area contributed by atoms with Gasteiger partial charge in [0.05, 0.1) is 6.10 Å². The fourth-order valence-electron chi connectivity index (χ4n) is 1.89. The van der Waals surface area contributed by atoms with Crippen LogP contribution in [0.25, 0.3) is 0 Å². The van der Waals surface area contributed by atoms with Gasteiger partial charge < -0.3 is 15.8 Å². The zero-order valence-corrected chi connectivity index (χ0v) is 9.66. The van der Waals surface area contributed by atoms with Gasteiger partial charge >= 0.3 is 0 Å². The molecule has 0 aromatic rings. The topological polar surface area (TPSA) is 64.3 Å². The fraction of sp³-hybridized carbons (Fsp3) is 0.909. The maximum Gasteiger partial charge on any atom is 0.224 e. The van der Waals surface area contributed by atoms with Crippen molar-refractivity contribution in [3.05, 3.63) is 0 Å². The number of carbonyl (C=O) groups is 1. The molecule has 3 N–H and O–H groups in total. The molecule has 1 aliphatic heterocycles. The highest BCUT2D eigenvalue weighted by atomic mass is 16.5. The van der Waals surface area contributed by atoms with Gasteiger partial charge in [0.15, 0.2) is 0 Å². The van der Waals surface area contributed by atoms with Crippen LogP contribution in [0.2, 0.25) is 0 Å². The van der Waals surface area contributed by atoms with Gasteiger partial charge in [-0.3, -0.25) is 4.79 Å². The smallest absolute Gasteiger partial charge is 0.224 e. The molecule has 3 atom stereocenters. The summed E-state index contributed by atoms with van der Waals surface area (Å²) >= 11 is 0. The molecule has 1 heterocycles. The molecule has 1 fully saturated rings. The third-order valence-electron chi connectivity index (χ3n) is 3.09. The molecule has 1 amide bonds. The zero-order chi connectivity index (χ0) is 11.3. The maximum absolute atomic E-state index is 11.5. The summed E-state index contributed by atoms with van der Waals surface area (Å²) in [5.41, 5.74) is 5.42. The van der Waals surface area contributed by atoms with E-state index in [0.29, 0.717) is 18.6 Å². The van der Waals surface area contributed by atoms with Crippen LogP contribution < -0.4 is 11.1 Å². The predicted octanol–water partition coefficient (Wildman–Crippen LogP) is 0.513. The Morgan fingerprint density at radius 2 is 2.40 bits per heavy atom. The summed E-state index contributed by atoms with van der Waals surface area (Å²) in [4.78, 5) is 11.5. The molecular weight excluding hydrogens is 192 g/mol. The normalized spacial score (nSPS) is 27.7. The lowest BCUT2D eigenvalue weighted by molar-refractivity contribution is -0.124. The van der Waals surface area contributed by atoms with Crippen LogP contribution in [0, 0.1) is 11.8 Å². The van der Waals surface area contributed by atoms with Crippen LogP contribution in [0.1, 0.15) is 26.7 Å². The summed E-state index contributed by atoms with van der Waals surface area (Å²) in [5, 5.41) is 2.94. The average molecular weight is 214 g/mol. The third-order valence-corrected chi connectivity index (χ3v) is 3.09. The quantitative estimate of drug-likeness (QED) is 0.701. The molecule has 88 valence electrons. The van der Waals surface area contributed by atoms with Crippen LogP contribution >= 0.6 is 0 Å². The number of rotatable bonds is 5. The van der Waals surface area contributed by atoms with Gasteiger partial charge in [-0.15, -0.1) is 0 Å². The molecule has 1 rings (SSSR count). The molecule has 4 heteroatoms. The van der Waals surface area contributed by atoms with Gasteiger partial charge in [-0.25, -0.2) is 0 Å². The lowest BCUT2D eigenvalue weighted by Gasteiger charge is -2.18. The molecule has 0 radical (unpaired) electrons. The number of carbonyl (C=O) groups excluding carboxylic acids is 1. The van der Waals surface area contributed by atoms with Crippen LogP contribution in [0.4, 0.5) is 0 Å². The molecule has 0 spiro atoms. The molecular formula is C11H22N2O2. The van der Waals surface area contributed by atoms with E-state index in [1.54, 1.807) is 0 Å². The second-order valence-corrected chi connectivity index (χ2v) is 4.25. The summed E-state index contributed by atoms with van der Waals surface area (Å²) in [6.07, 6.45) is 2.39. The van der Waals surface area contributed by atoms with Gasteiger partial charge in [-0.2, -0.15) is 0 Å². The van der Waals surface area contributed by atoms with Crippen molar-refractivity contribution in [2.45, 2.75) is 32.8 Å². The first-order valence-electron chi connectivity index (χ1n) is 5.78. The highest BCUT2D eigenvalue weighted by molar-refractivity contribution is 5.78. The van der Waals surface area contributed by atoms with E-state index >= 15 is 0 Å². The molecule has 1 aliphatic rings. The maximum atomic E-state index is 11.5. The number of amides is 1. The zero-order valence-electron chi connectivity index (χ0n) is 9.66. The molecule has 0 bridgehead atoms. The van der Waals surface area contributed by atoms with Crippen molar-refractivity contribution in [3.8, 4) is 0 Å². The van der Waals surface area contributed by atoms with E-state index in [9.17, 15) is 4.79 Å². The van der Waals surface area contributed by atoms with E-state index in [-0.39, 0.29) is 11.8 Å². The van der Waals surface area contributed by atoms with Crippen molar-refractivity contribution in [2.75, 3.05) is 19.7 Å². The minimum Gasteiger partial charge on any atom is -0.378 e. The van der Waals surface area contributed by atoms with Gasteiger partial charge in [-0.1, -0.05) is 13.8 Å². The van der Waals surface area contributed by atoms with Crippen LogP contribution in [0.15, 0.2) is 0 Å². The Kier molecular flexibility index (Phi) is 5.05. The number of nitrogens with one attached hydrogen (secondary N) is 1. The van der Waals surface area contributed by atoms with E-state index in [1.807, 2.05) is 6.92 Å². The van der Waals surface area contributed by atoms with E-state index < -0.39 is 0 Å². The summed E-state index contributed by atoms with van der Waals surface area (Å²) < 4.78 is 5.56. The number of ether oxygens (including phenoxy) is 1. The second-order valence-electron chi connectivity index (χ2n) is 4.25. The van der Waals surface area contributed by atoms with Gasteiger partial charge in [0, 0.05) is 31.5 Å². The second kappa shape index (κ2) is 6.08. The lowest BCUT2D eigenvalue weighted by Crippen LogP contribution is -2.37. The van der Waals surface area contributed by atoms with Crippen LogP contribution in [0.3, 0.4) is 0 Å². The molecule has 3 unspecified atom stereocenters. The molecule has 1 saturated heterocycles. The van der Waals surface area contributed by atoms with E-state index in [4.69, 9.17) is 10.5 Å². The van der Waals surface area contributed by atoms with E-state index in [0.717, 1.165) is 26.0 Å². The Morgan fingerprint density at radius 1 is 1.67 bits per heavy atom. The van der Waals surface area contributed by atoms with Crippen LogP contribution in [-0.4, -0.2) is 31.7 Å². The largest absolute Gasteiger partial charge is 0.378 e. The van der Waals surface area contributed by atoms with Crippen molar-refractivity contribution in [1.82, 2.24) is 5.32 Å². The Labute approximate surface area is 91.5 Å². The van der Waals surface area contributed by atoms with Gasteiger partial charge in [0.1, 0.15) is 0 Å². The third kappa shape index (κ3) is 3.47. The molecule has 0 aliphatic carbocycles. The molecule has 4 nitrogen and oxygen atoms in total. The SMILES string of the molecule is CCC1OCCC1CNC(=O)C(C)CN. The minimum absolute atomic E-state index is 0.0549. The lowest BCUT2D eigenvalue weighted by atomic mass is 9.99. The van der Waals surface area contributed by atoms with Gasteiger partial charge in [0.2, 0.25) is 5.91 Å². The van der Waals surface area contributed by atoms with Gasteiger partial charge in [-0.05, 0) is 12.8 Å². The van der Waals surface area contributed by atoms with Crippen molar-refractivity contribution < 1.29 is 9.53 Å². The number of nitrogens with two attached hydrogens (primary N) is 1. The number of hydrogen-bond acceptors (Lipinski definition) is 3. The fourth-order valence-corrected chi connectivity index (χ4v) is 1.89. The first-order valence-corrected chi connectivity index (χ1v) is 5.78. The van der Waals surface area contributed by atoms with Crippen LogP contribution in [0.5, 0.6) is 0 Å². The summed E-state index contributed by atoms with van der Waals surface area (Å²) in [6, 6.07) is 0. The molecule has 15 heavy (non-hydrogen) atoms. The van der Waals surface area contributed by atoms with Crippen molar-refractivity contribution in [2.24, 2.45) is 17.6 Å². The van der Waals surface area contributed by atoms with Crippen molar-refractivity contribution in [3.63, 3.8) is 0 Å². The minimum atomic E-state index is -0.0904. The standard InChI is InChI=1S/C11H22N2O2/c1-3-10-9(4-5-15-10)7-13-11(14)8(2)6-12/h8-10H,3-7,12H2,1-2H3,(H,13,14). The van der Waals surface area contributed by atoms with Crippen molar-refractivity contribution >= 4 is 5.91 Å². The van der Waals surface area contributed by atoms with Gasteiger partial charge in [0.25, 0.3) is 0 Å². The molecule has 0 saturated carbocycles. The monoisotopic (exact) mass is 214 g/mol. The summed E-state index contributed by atoms with van der Waals surface area (Å²) in [6.45, 7) is 5.92. The average Bonchev–Trinajstić information content (AvgIpc) is 2.71. The Hall–Kier alpha value is -0.610. The summed E-state index contributed by atoms with van der Waals surface area (Å²) in [7, 11) is 0. The Bertz CT molecular complexity index is 209. The molecule has 0 aromatic carbocycles. The van der Waals surface area contributed by atoms with E-state index in [2.05, 4.69) is 12.2 Å². The van der Waals surface area contributed by atoms with Crippen LogP contribution in [-0.2, 0) is 9.53 Å². The van der Waals surface area contributed by atoms with E-state index in [1.165, 1.54) is 0 Å². The molecule has 0 aromatic heterocycles. The Morgan fingerprint density at radius 3 is 3.00 bits per heavy atom. The Balaban J connectivity index is 2.27. The highest BCUT2D eigenvalue weighted by Crippen LogP contribution is 2.22. The highest BCUT2D eigenvalue weighted by Gasteiger charge is 2.27. The summed E-state index contributed by atoms with van der Waals surface area (Å²) in [5.74, 6) is 0.440. The first-order chi connectivity index (χ1) is 7.19.